The molecule has 5 heteroatoms. The fraction of sp³-hybridized carbons (Fsp3) is 0.583. The molecule has 5 nitrogen and oxygen atoms in total. The second kappa shape index (κ2) is 5.72. The van der Waals surface area contributed by atoms with Crippen LogP contribution < -0.4 is 10.6 Å². The van der Waals surface area contributed by atoms with Crippen molar-refractivity contribution in [3.63, 3.8) is 0 Å². The number of carbonyl (C=O) groups excluding carboxylic acids is 1. The Kier molecular flexibility index (Phi) is 4.57. The highest BCUT2D eigenvalue weighted by Gasteiger charge is 2.18. The van der Waals surface area contributed by atoms with Gasteiger partial charge in [0.25, 0.3) is 0 Å². The summed E-state index contributed by atoms with van der Waals surface area (Å²) in [5.74, 6) is 0.663. The average molecular weight is 236 g/mol. The summed E-state index contributed by atoms with van der Waals surface area (Å²) in [6, 6.07) is 1.50. The lowest BCUT2D eigenvalue weighted by Crippen LogP contribution is -2.49. The third-order valence-electron chi connectivity index (χ3n) is 2.08. The molecule has 1 aromatic rings. The molecule has 17 heavy (non-hydrogen) atoms. The van der Waals surface area contributed by atoms with E-state index in [-0.39, 0.29) is 17.5 Å². The Labute approximate surface area is 102 Å². The Morgan fingerprint density at radius 3 is 2.47 bits per heavy atom. The van der Waals surface area contributed by atoms with Crippen LogP contribution in [0.1, 0.15) is 33.5 Å². The van der Waals surface area contributed by atoms with Gasteiger partial charge in [0.15, 0.2) is 0 Å². The Hall–Kier alpha value is -1.49. The summed E-state index contributed by atoms with van der Waals surface area (Å²) < 4.78 is 0. The van der Waals surface area contributed by atoms with Crippen molar-refractivity contribution < 1.29 is 4.79 Å². The van der Waals surface area contributed by atoms with Crippen molar-refractivity contribution in [2.75, 3.05) is 0 Å². The fourth-order valence-electron chi connectivity index (χ4n) is 1.24. The zero-order valence-corrected chi connectivity index (χ0v) is 10.8. The maximum absolute atomic E-state index is 11.8. The van der Waals surface area contributed by atoms with Gasteiger partial charge >= 0.3 is 0 Å². The summed E-state index contributed by atoms with van der Waals surface area (Å²) >= 11 is 0. The van der Waals surface area contributed by atoms with Crippen LogP contribution in [-0.2, 0) is 11.3 Å². The van der Waals surface area contributed by atoms with Gasteiger partial charge < -0.3 is 5.32 Å². The van der Waals surface area contributed by atoms with Crippen molar-refractivity contribution in [2.45, 2.75) is 45.8 Å². The second-order valence-corrected chi connectivity index (χ2v) is 5.01. The lowest BCUT2D eigenvalue weighted by Gasteiger charge is -2.23. The molecular weight excluding hydrogens is 216 g/mol. The van der Waals surface area contributed by atoms with Crippen LogP contribution >= 0.6 is 0 Å². The van der Waals surface area contributed by atoms with Gasteiger partial charge in [-0.3, -0.25) is 10.1 Å². The third-order valence-corrected chi connectivity index (χ3v) is 2.08. The molecule has 0 radical (unpaired) electrons. The number of nitrogens with one attached hydrogen (secondary N) is 2. The first-order chi connectivity index (χ1) is 7.88. The second-order valence-electron chi connectivity index (χ2n) is 5.01. The van der Waals surface area contributed by atoms with Gasteiger partial charge in [-0.25, -0.2) is 9.97 Å². The Balaban J connectivity index is 2.40. The molecule has 2 N–H and O–H groups in total. The van der Waals surface area contributed by atoms with Gasteiger partial charge in [0.05, 0.1) is 12.6 Å². The van der Waals surface area contributed by atoms with Crippen molar-refractivity contribution >= 4 is 5.91 Å². The number of aromatic nitrogens is 2. The van der Waals surface area contributed by atoms with E-state index in [4.69, 9.17) is 0 Å². The van der Waals surface area contributed by atoms with Crippen molar-refractivity contribution in [3.8, 4) is 0 Å². The molecule has 1 aromatic heterocycles. The molecule has 0 fully saturated rings. The number of carbonyl (C=O) groups is 1. The highest BCUT2D eigenvalue weighted by Crippen LogP contribution is 1.99. The van der Waals surface area contributed by atoms with E-state index < -0.39 is 0 Å². The zero-order valence-electron chi connectivity index (χ0n) is 10.8. The molecule has 1 heterocycles. The van der Waals surface area contributed by atoms with E-state index in [0.717, 1.165) is 0 Å². The number of rotatable bonds is 4. The molecule has 0 bridgehead atoms. The highest BCUT2D eigenvalue weighted by molar-refractivity contribution is 5.81. The van der Waals surface area contributed by atoms with E-state index in [1.807, 2.05) is 27.7 Å². The monoisotopic (exact) mass is 236 g/mol. The van der Waals surface area contributed by atoms with Crippen molar-refractivity contribution in [3.05, 3.63) is 24.3 Å². The van der Waals surface area contributed by atoms with E-state index in [1.54, 1.807) is 18.5 Å². The average Bonchev–Trinajstić information content (AvgIpc) is 2.25. The molecule has 1 rings (SSSR count). The van der Waals surface area contributed by atoms with Crippen LogP contribution in [0.3, 0.4) is 0 Å². The molecule has 0 aliphatic rings. The molecule has 0 aromatic carbocycles. The fourth-order valence-corrected chi connectivity index (χ4v) is 1.24. The van der Waals surface area contributed by atoms with E-state index in [0.29, 0.717) is 12.4 Å². The number of hydrogen-bond acceptors (Lipinski definition) is 4. The Bertz CT molecular complexity index is 359. The van der Waals surface area contributed by atoms with Crippen LogP contribution in [0.4, 0.5) is 0 Å². The van der Waals surface area contributed by atoms with Crippen LogP contribution in [-0.4, -0.2) is 27.5 Å². The first kappa shape index (κ1) is 13.6. The van der Waals surface area contributed by atoms with E-state index >= 15 is 0 Å². The molecule has 1 atom stereocenters. The molecule has 94 valence electrons. The third kappa shape index (κ3) is 5.40. The predicted octanol–water partition coefficient (Wildman–Crippen LogP) is 0.869. The minimum Gasteiger partial charge on any atom is -0.350 e. The van der Waals surface area contributed by atoms with Gasteiger partial charge in [0, 0.05) is 17.9 Å². The standard InChI is InChI=1S/C12H20N4O/c1-9(11(17)16-12(2,3)4)15-8-10-13-6-5-7-14-10/h5-7,9,15H,8H2,1-4H3,(H,16,17). The maximum atomic E-state index is 11.8. The van der Waals surface area contributed by atoms with Crippen LogP contribution in [0, 0.1) is 0 Å². The molecule has 1 unspecified atom stereocenters. The quantitative estimate of drug-likeness (QED) is 0.814. The van der Waals surface area contributed by atoms with E-state index in [1.165, 1.54) is 0 Å². The topological polar surface area (TPSA) is 66.9 Å². The van der Waals surface area contributed by atoms with Gasteiger partial charge in [-0.2, -0.15) is 0 Å². The Morgan fingerprint density at radius 2 is 1.94 bits per heavy atom. The van der Waals surface area contributed by atoms with E-state index in [2.05, 4.69) is 20.6 Å². The van der Waals surface area contributed by atoms with Crippen LogP contribution in [0.2, 0.25) is 0 Å². The van der Waals surface area contributed by atoms with Crippen molar-refractivity contribution in [1.29, 1.82) is 0 Å². The predicted molar refractivity (Wildman–Crippen MR) is 66.2 cm³/mol. The molecule has 0 saturated heterocycles. The maximum Gasteiger partial charge on any atom is 0.237 e. The summed E-state index contributed by atoms with van der Waals surface area (Å²) in [7, 11) is 0. The van der Waals surface area contributed by atoms with Gasteiger partial charge in [-0.05, 0) is 33.8 Å². The summed E-state index contributed by atoms with van der Waals surface area (Å²) in [6.07, 6.45) is 3.37. The minimum absolute atomic E-state index is 0.0200. The van der Waals surface area contributed by atoms with Crippen LogP contribution in [0.5, 0.6) is 0 Å². The van der Waals surface area contributed by atoms with Crippen LogP contribution in [0.25, 0.3) is 0 Å². The van der Waals surface area contributed by atoms with Gasteiger partial charge in [-0.1, -0.05) is 0 Å². The summed E-state index contributed by atoms with van der Waals surface area (Å²) in [5.41, 5.74) is -0.212. The normalized spacial score (nSPS) is 13.2. The molecule has 0 saturated carbocycles. The lowest BCUT2D eigenvalue weighted by atomic mass is 10.1. The van der Waals surface area contributed by atoms with Crippen molar-refractivity contribution in [2.24, 2.45) is 0 Å². The largest absolute Gasteiger partial charge is 0.350 e. The molecule has 0 spiro atoms. The van der Waals surface area contributed by atoms with Crippen molar-refractivity contribution in [1.82, 2.24) is 20.6 Å². The number of nitrogens with zero attached hydrogens (tertiary/aromatic N) is 2. The summed E-state index contributed by atoms with van der Waals surface area (Å²) in [6.45, 7) is 8.18. The summed E-state index contributed by atoms with van der Waals surface area (Å²) in [4.78, 5) is 19.9. The molecule has 0 aliphatic carbocycles. The Morgan fingerprint density at radius 1 is 1.35 bits per heavy atom. The van der Waals surface area contributed by atoms with E-state index in [9.17, 15) is 4.79 Å². The number of amides is 1. The number of hydrogen-bond donors (Lipinski definition) is 2. The zero-order chi connectivity index (χ0) is 12.9. The lowest BCUT2D eigenvalue weighted by molar-refractivity contribution is -0.124. The van der Waals surface area contributed by atoms with Gasteiger partial charge in [0.2, 0.25) is 5.91 Å². The van der Waals surface area contributed by atoms with Gasteiger partial charge in [-0.15, -0.1) is 0 Å². The summed E-state index contributed by atoms with van der Waals surface area (Å²) in [5, 5.41) is 6.00. The highest BCUT2D eigenvalue weighted by atomic mass is 16.2. The first-order valence-electron chi connectivity index (χ1n) is 5.70. The molecule has 1 amide bonds. The molecule has 0 aliphatic heterocycles. The van der Waals surface area contributed by atoms with Crippen LogP contribution in [0.15, 0.2) is 18.5 Å². The first-order valence-corrected chi connectivity index (χ1v) is 5.70. The van der Waals surface area contributed by atoms with Gasteiger partial charge in [0.1, 0.15) is 5.82 Å². The molecular formula is C12H20N4O. The minimum atomic E-state index is -0.266. The SMILES string of the molecule is CC(NCc1ncccn1)C(=O)NC(C)(C)C. The smallest absolute Gasteiger partial charge is 0.237 e.